The number of nitrogens with zero attached hydrogens (tertiary/aromatic N) is 1. The molecule has 0 aromatic carbocycles. The van der Waals surface area contributed by atoms with Gasteiger partial charge >= 0.3 is 0 Å². The summed E-state index contributed by atoms with van der Waals surface area (Å²) in [5, 5.41) is 10.6. The van der Waals surface area contributed by atoms with E-state index in [1.54, 1.807) is 0 Å². The average molecular weight is 267 g/mol. The Morgan fingerprint density at radius 2 is 1.58 bits per heavy atom. The molecule has 19 heavy (non-hydrogen) atoms. The van der Waals surface area contributed by atoms with E-state index in [2.05, 4.69) is 0 Å². The smallest absolute Gasteiger partial charge is 0.258 e. The first-order valence-corrected chi connectivity index (χ1v) is 7.32. The van der Waals surface area contributed by atoms with Crippen LogP contribution < -0.4 is 0 Å². The van der Waals surface area contributed by atoms with Crippen LogP contribution in [0.2, 0.25) is 0 Å². The van der Waals surface area contributed by atoms with Crippen molar-refractivity contribution in [3.63, 3.8) is 0 Å². The van der Waals surface area contributed by atoms with Crippen LogP contribution in [-0.4, -0.2) is 46.2 Å². The highest BCUT2D eigenvalue weighted by Crippen LogP contribution is 2.32. The zero-order valence-electron chi connectivity index (χ0n) is 11.1. The number of carbonyl (C=O) groups is 2. The molecule has 3 fully saturated rings. The largest absolute Gasteiger partial charge is 0.388 e. The molecule has 2 amide bonds. The average Bonchev–Trinajstić information content (AvgIpc) is 2.74. The number of morpholine rings is 1. The van der Waals surface area contributed by atoms with E-state index in [4.69, 9.17) is 4.74 Å². The van der Waals surface area contributed by atoms with Gasteiger partial charge in [-0.2, -0.15) is 0 Å². The number of imide groups is 1. The topological polar surface area (TPSA) is 66.8 Å². The van der Waals surface area contributed by atoms with E-state index in [9.17, 15) is 14.7 Å². The third-order valence-corrected chi connectivity index (χ3v) is 4.59. The molecule has 1 saturated carbocycles. The van der Waals surface area contributed by atoms with E-state index < -0.39 is 17.8 Å². The Hall–Kier alpha value is -0.940. The molecule has 0 radical (unpaired) electrons. The molecule has 2 atom stereocenters. The van der Waals surface area contributed by atoms with Crippen molar-refractivity contribution < 1.29 is 19.4 Å². The van der Waals surface area contributed by atoms with Gasteiger partial charge in [-0.25, -0.2) is 0 Å². The minimum Gasteiger partial charge on any atom is -0.388 e. The van der Waals surface area contributed by atoms with Gasteiger partial charge in [-0.05, 0) is 25.7 Å². The molecule has 2 aliphatic heterocycles. The number of hydrogen-bond donors (Lipinski definition) is 1. The van der Waals surface area contributed by atoms with Crippen LogP contribution in [0.3, 0.4) is 0 Å². The lowest BCUT2D eigenvalue weighted by Crippen LogP contribution is -2.56. The lowest BCUT2D eigenvalue weighted by atomic mass is 9.93. The van der Waals surface area contributed by atoms with E-state index in [1.165, 1.54) is 4.90 Å². The van der Waals surface area contributed by atoms with E-state index in [-0.39, 0.29) is 18.4 Å². The molecule has 1 N–H and O–H groups in total. The zero-order chi connectivity index (χ0) is 13.5. The summed E-state index contributed by atoms with van der Waals surface area (Å²) >= 11 is 0. The highest BCUT2D eigenvalue weighted by atomic mass is 16.5. The second kappa shape index (κ2) is 4.87. The first-order chi connectivity index (χ1) is 9.09. The van der Waals surface area contributed by atoms with E-state index >= 15 is 0 Å². The van der Waals surface area contributed by atoms with E-state index in [0.717, 1.165) is 25.7 Å². The van der Waals surface area contributed by atoms with Crippen LogP contribution in [0.15, 0.2) is 0 Å². The van der Waals surface area contributed by atoms with Gasteiger partial charge in [-0.15, -0.1) is 0 Å². The molecule has 3 aliphatic rings. The predicted octanol–water partition coefficient (Wildman–Crippen LogP) is 0.988. The SMILES string of the molecule is O=C1C2CCC(O2)C(=O)N1CC1(O)CCCCCC1. The van der Waals surface area contributed by atoms with Gasteiger partial charge in [0.05, 0.1) is 12.1 Å². The van der Waals surface area contributed by atoms with Crippen LogP contribution in [0.4, 0.5) is 0 Å². The summed E-state index contributed by atoms with van der Waals surface area (Å²) in [4.78, 5) is 25.6. The van der Waals surface area contributed by atoms with Gasteiger partial charge in [0.25, 0.3) is 11.8 Å². The first-order valence-electron chi connectivity index (χ1n) is 7.32. The number of rotatable bonds is 2. The number of aliphatic hydroxyl groups is 1. The maximum absolute atomic E-state index is 12.2. The lowest BCUT2D eigenvalue weighted by Gasteiger charge is -2.36. The highest BCUT2D eigenvalue weighted by molar-refractivity contribution is 6.02. The number of carbonyl (C=O) groups excluding carboxylic acids is 2. The molecule has 0 aromatic rings. The van der Waals surface area contributed by atoms with Crippen molar-refractivity contribution in [1.82, 2.24) is 4.90 Å². The van der Waals surface area contributed by atoms with Gasteiger partial charge in [0.15, 0.2) is 0 Å². The lowest BCUT2D eigenvalue weighted by molar-refractivity contribution is -0.173. The molecular formula is C14H21NO4. The fourth-order valence-corrected chi connectivity index (χ4v) is 3.45. The molecular weight excluding hydrogens is 246 g/mol. The van der Waals surface area contributed by atoms with Gasteiger partial charge in [-0.1, -0.05) is 25.7 Å². The second-order valence-electron chi connectivity index (χ2n) is 6.09. The van der Waals surface area contributed by atoms with Gasteiger partial charge in [0, 0.05) is 0 Å². The molecule has 5 nitrogen and oxygen atoms in total. The normalized spacial score (nSPS) is 34.5. The van der Waals surface area contributed by atoms with E-state index in [0.29, 0.717) is 25.7 Å². The van der Waals surface area contributed by atoms with Crippen LogP contribution in [0.5, 0.6) is 0 Å². The van der Waals surface area contributed by atoms with Crippen molar-refractivity contribution in [3.8, 4) is 0 Å². The van der Waals surface area contributed by atoms with Crippen LogP contribution in [-0.2, 0) is 14.3 Å². The molecule has 2 bridgehead atoms. The molecule has 3 rings (SSSR count). The Kier molecular flexibility index (Phi) is 3.35. The quantitative estimate of drug-likeness (QED) is 0.598. The summed E-state index contributed by atoms with van der Waals surface area (Å²) in [6.45, 7) is 0.154. The minimum absolute atomic E-state index is 0.154. The summed E-state index contributed by atoms with van der Waals surface area (Å²) in [6, 6.07) is 0. The van der Waals surface area contributed by atoms with Crippen molar-refractivity contribution in [1.29, 1.82) is 0 Å². The number of fused-ring (bicyclic) bond motifs is 2. The fraction of sp³-hybridized carbons (Fsp3) is 0.857. The van der Waals surface area contributed by atoms with Gasteiger partial charge in [0.1, 0.15) is 12.2 Å². The highest BCUT2D eigenvalue weighted by Gasteiger charge is 2.48. The van der Waals surface area contributed by atoms with Crippen molar-refractivity contribution >= 4 is 11.8 Å². The van der Waals surface area contributed by atoms with Crippen LogP contribution in [0.1, 0.15) is 51.4 Å². The summed E-state index contributed by atoms with van der Waals surface area (Å²) in [7, 11) is 0. The Bertz CT molecular complexity index is 365. The van der Waals surface area contributed by atoms with Crippen molar-refractivity contribution in [3.05, 3.63) is 0 Å². The maximum Gasteiger partial charge on any atom is 0.258 e. The standard InChI is InChI=1S/C14H21NO4/c16-12-10-5-6-11(19-10)13(17)15(12)9-14(18)7-3-1-2-4-8-14/h10-11,18H,1-9H2. The fourth-order valence-electron chi connectivity index (χ4n) is 3.45. The van der Waals surface area contributed by atoms with Crippen molar-refractivity contribution in [2.24, 2.45) is 0 Å². The molecule has 0 spiro atoms. The van der Waals surface area contributed by atoms with Crippen molar-refractivity contribution in [2.45, 2.75) is 69.2 Å². The summed E-state index contributed by atoms with van der Waals surface area (Å²) in [5.41, 5.74) is -0.890. The van der Waals surface area contributed by atoms with Gasteiger partial charge < -0.3 is 9.84 Å². The van der Waals surface area contributed by atoms with E-state index in [1.807, 2.05) is 0 Å². The Balaban J connectivity index is 1.74. The monoisotopic (exact) mass is 267 g/mol. The number of ether oxygens (including phenoxy) is 1. The number of hydrogen-bond acceptors (Lipinski definition) is 4. The minimum atomic E-state index is -0.890. The summed E-state index contributed by atoms with van der Waals surface area (Å²) < 4.78 is 5.38. The molecule has 0 aromatic heterocycles. The zero-order valence-corrected chi connectivity index (χ0v) is 11.1. The van der Waals surface area contributed by atoms with Gasteiger partial charge in [-0.3, -0.25) is 14.5 Å². The van der Waals surface area contributed by atoms with Gasteiger partial charge in [0.2, 0.25) is 0 Å². The third-order valence-electron chi connectivity index (χ3n) is 4.59. The Labute approximate surface area is 112 Å². The summed E-state index contributed by atoms with van der Waals surface area (Å²) in [6.07, 6.45) is 5.88. The molecule has 2 heterocycles. The number of β-amino-alcohol motifs (C(OH)–C–C–N with tert-alkyl or cyclic N) is 1. The predicted molar refractivity (Wildman–Crippen MR) is 67.3 cm³/mol. The summed E-state index contributed by atoms with van der Waals surface area (Å²) in [5.74, 6) is -0.507. The number of amides is 2. The Morgan fingerprint density at radius 3 is 2.11 bits per heavy atom. The molecule has 106 valence electrons. The molecule has 5 heteroatoms. The molecule has 2 saturated heterocycles. The second-order valence-corrected chi connectivity index (χ2v) is 6.09. The third kappa shape index (κ3) is 2.41. The van der Waals surface area contributed by atoms with Crippen molar-refractivity contribution in [2.75, 3.05) is 6.54 Å². The molecule has 2 unspecified atom stereocenters. The Morgan fingerprint density at radius 1 is 1.05 bits per heavy atom. The molecule has 1 aliphatic carbocycles. The van der Waals surface area contributed by atoms with Crippen LogP contribution >= 0.6 is 0 Å². The van der Waals surface area contributed by atoms with Crippen LogP contribution in [0, 0.1) is 0 Å². The maximum atomic E-state index is 12.2. The van der Waals surface area contributed by atoms with Crippen LogP contribution in [0.25, 0.3) is 0 Å². The number of likely N-dealkylation sites (tertiary alicyclic amines) is 1. The first kappa shape index (κ1) is 13.1.